The normalized spacial score (nSPS) is 20.2. The van der Waals surface area contributed by atoms with Gasteiger partial charge in [0.25, 0.3) is 5.91 Å². The number of rotatable bonds is 6. The summed E-state index contributed by atoms with van der Waals surface area (Å²) < 4.78 is 11.5. The molecular formula is C25H28B3N3O6. The molecule has 3 aliphatic heterocycles. The molecule has 1 N–H and O–H groups in total. The largest absolute Gasteiger partial charge is 0.489 e. The monoisotopic (exact) mass is 499 g/mol. The van der Waals surface area contributed by atoms with Crippen LogP contribution >= 0.6 is 0 Å². The lowest BCUT2D eigenvalue weighted by molar-refractivity contribution is -0.145. The SMILES string of the molecule is Bc1cc(COc2cccc3c2CN(C2CCC(=O)NC2=O)C3=O)ccc1C(B)(B)N1CCOCC1=O. The van der Waals surface area contributed by atoms with E-state index < -0.39 is 17.3 Å². The quantitative estimate of drug-likeness (QED) is 0.349. The first-order valence-electron chi connectivity index (χ1n) is 12.5. The number of carbonyl (C=O) groups excluding carboxylic acids is 4. The first kappa shape index (κ1) is 25.1. The van der Waals surface area contributed by atoms with Gasteiger partial charge in [0.15, 0.2) is 0 Å². The van der Waals surface area contributed by atoms with Crippen molar-refractivity contribution in [1.29, 1.82) is 0 Å². The van der Waals surface area contributed by atoms with E-state index in [0.717, 1.165) is 22.2 Å². The van der Waals surface area contributed by atoms with Gasteiger partial charge in [-0.3, -0.25) is 24.5 Å². The van der Waals surface area contributed by atoms with E-state index in [1.54, 1.807) is 12.1 Å². The molecule has 0 radical (unpaired) electrons. The molecule has 3 heterocycles. The summed E-state index contributed by atoms with van der Waals surface area (Å²) in [6.45, 7) is 1.77. The van der Waals surface area contributed by atoms with E-state index in [9.17, 15) is 19.2 Å². The Morgan fingerprint density at radius 3 is 2.68 bits per heavy atom. The van der Waals surface area contributed by atoms with Gasteiger partial charge in [-0.1, -0.05) is 29.7 Å². The van der Waals surface area contributed by atoms with Crippen LogP contribution in [-0.2, 0) is 37.6 Å². The number of nitrogens with zero attached hydrogens (tertiary/aromatic N) is 2. The van der Waals surface area contributed by atoms with Crippen LogP contribution in [-0.4, -0.2) is 82.8 Å². The van der Waals surface area contributed by atoms with Gasteiger partial charge >= 0.3 is 0 Å². The van der Waals surface area contributed by atoms with Crippen LogP contribution in [0.4, 0.5) is 0 Å². The Morgan fingerprint density at radius 1 is 1.14 bits per heavy atom. The predicted molar refractivity (Wildman–Crippen MR) is 143 cm³/mol. The summed E-state index contributed by atoms with van der Waals surface area (Å²) in [6, 6.07) is 10.8. The van der Waals surface area contributed by atoms with Crippen LogP contribution in [0.15, 0.2) is 36.4 Å². The molecule has 0 bridgehead atoms. The average molecular weight is 499 g/mol. The highest BCUT2D eigenvalue weighted by molar-refractivity contribution is 6.44. The Balaban J connectivity index is 1.30. The fourth-order valence-electron chi connectivity index (χ4n) is 5.61. The number of imide groups is 1. The van der Waals surface area contributed by atoms with Crippen molar-refractivity contribution in [3.05, 3.63) is 58.7 Å². The molecule has 2 saturated heterocycles. The third-order valence-electron chi connectivity index (χ3n) is 7.54. The maximum atomic E-state index is 13.0. The minimum atomic E-state index is -0.664. The van der Waals surface area contributed by atoms with Crippen molar-refractivity contribution in [2.24, 2.45) is 0 Å². The number of nitrogens with one attached hydrogen (secondary N) is 1. The number of piperidine rings is 1. The Morgan fingerprint density at radius 2 is 1.95 bits per heavy atom. The maximum absolute atomic E-state index is 13.0. The summed E-state index contributed by atoms with van der Waals surface area (Å²) in [5.41, 5.74) is 4.36. The van der Waals surface area contributed by atoms with E-state index in [1.807, 2.05) is 46.6 Å². The van der Waals surface area contributed by atoms with Crippen LogP contribution < -0.4 is 15.5 Å². The topological polar surface area (TPSA) is 105 Å². The van der Waals surface area contributed by atoms with Crippen LogP contribution in [0.5, 0.6) is 5.75 Å². The molecule has 0 aliphatic carbocycles. The number of carbonyl (C=O) groups is 4. The second-order valence-electron chi connectivity index (χ2n) is 10.3. The summed E-state index contributed by atoms with van der Waals surface area (Å²) in [7, 11) is 6.13. The molecule has 2 aromatic rings. The van der Waals surface area contributed by atoms with E-state index >= 15 is 0 Å². The first-order chi connectivity index (χ1) is 17.7. The van der Waals surface area contributed by atoms with Gasteiger partial charge < -0.3 is 19.3 Å². The van der Waals surface area contributed by atoms with Gasteiger partial charge in [-0.25, -0.2) is 0 Å². The van der Waals surface area contributed by atoms with Crippen molar-refractivity contribution in [2.45, 2.75) is 37.4 Å². The number of ether oxygens (including phenoxy) is 2. The fraction of sp³-hybridized carbons (Fsp3) is 0.360. The Labute approximate surface area is 218 Å². The van der Waals surface area contributed by atoms with Crippen molar-refractivity contribution in [3.8, 4) is 5.75 Å². The number of fused-ring (bicyclic) bond motifs is 1. The molecule has 5 rings (SSSR count). The summed E-state index contributed by atoms with van der Waals surface area (Å²) >= 11 is 0. The third-order valence-corrected chi connectivity index (χ3v) is 7.54. The molecule has 2 aromatic carbocycles. The van der Waals surface area contributed by atoms with Crippen LogP contribution in [0.3, 0.4) is 0 Å². The molecule has 4 amide bonds. The zero-order valence-electron chi connectivity index (χ0n) is 21.3. The minimum absolute atomic E-state index is 0.0121. The summed E-state index contributed by atoms with van der Waals surface area (Å²) in [4.78, 5) is 52.8. The minimum Gasteiger partial charge on any atom is -0.489 e. The van der Waals surface area contributed by atoms with Gasteiger partial charge in [0.1, 0.15) is 48.5 Å². The zero-order valence-corrected chi connectivity index (χ0v) is 21.3. The number of hydrogen-bond donors (Lipinski definition) is 1. The van der Waals surface area contributed by atoms with E-state index in [1.165, 1.54) is 4.90 Å². The molecule has 37 heavy (non-hydrogen) atoms. The molecular weight excluding hydrogens is 471 g/mol. The Hall–Kier alpha value is -3.53. The summed E-state index contributed by atoms with van der Waals surface area (Å²) in [6.07, 6.45) is 0.532. The maximum Gasteiger partial charge on any atom is 0.255 e. The van der Waals surface area contributed by atoms with Gasteiger partial charge in [-0.2, -0.15) is 0 Å². The molecule has 0 aromatic heterocycles. The fourth-order valence-corrected chi connectivity index (χ4v) is 5.61. The molecule has 1 unspecified atom stereocenters. The highest BCUT2D eigenvalue weighted by atomic mass is 16.5. The lowest BCUT2D eigenvalue weighted by Gasteiger charge is -2.42. The number of amides is 4. The van der Waals surface area contributed by atoms with Crippen LogP contribution in [0, 0.1) is 0 Å². The summed E-state index contributed by atoms with van der Waals surface area (Å²) in [5, 5.41) is 1.86. The number of benzene rings is 2. The molecule has 3 aliphatic rings. The predicted octanol–water partition coefficient (Wildman–Crippen LogP) is -2.48. The number of hydrogen-bond acceptors (Lipinski definition) is 6. The van der Waals surface area contributed by atoms with E-state index in [-0.39, 0.29) is 37.3 Å². The van der Waals surface area contributed by atoms with Gasteiger partial charge in [0, 0.05) is 29.4 Å². The van der Waals surface area contributed by atoms with Crippen LogP contribution in [0.1, 0.15) is 39.9 Å². The van der Waals surface area contributed by atoms with Crippen molar-refractivity contribution in [2.75, 3.05) is 19.8 Å². The average Bonchev–Trinajstić information content (AvgIpc) is 3.19. The Kier molecular flexibility index (Phi) is 6.62. The summed E-state index contributed by atoms with van der Waals surface area (Å²) in [5.74, 6) is -0.383. The lowest BCUT2D eigenvalue weighted by atomic mass is 9.54. The van der Waals surface area contributed by atoms with Gasteiger partial charge in [0.2, 0.25) is 17.7 Å². The number of morpholine rings is 1. The van der Waals surface area contributed by atoms with E-state index in [0.29, 0.717) is 37.5 Å². The second-order valence-corrected chi connectivity index (χ2v) is 10.3. The molecule has 0 spiro atoms. The third kappa shape index (κ3) is 4.66. The van der Waals surface area contributed by atoms with Crippen LogP contribution in [0.25, 0.3) is 0 Å². The van der Waals surface area contributed by atoms with E-state index in [2.05, 4.69) is 11.4 Å². The van der Waals surface area contributed by atoms with Crippen molar-refractivity contribution in [3.63, 3.8) is 0 Å². The second kappa shape index (κ2) is 9.74. The zero-order chi connectivity index (χ0) is 26.3. The van der Waals surface area contributed by atoms with Crippen molar-refractivity contribution in [1.82, 2.24) is 15.1 Å². The smallest absolute Gasteiger partial charge is 0.255 e. The molecule has 2 fully saturated rings. The van der Waals surface area contributed by atoms with Crippen molar-refractivity contribution < 1.29 is 28.7 Å². The highest BCUT2D eigenvalue weighted by Gasteiger charge is 2.40. The Bertz CT molecular complexity index is 1300. The molecule has 9 nitrogen and oxygen atoms in total. The van der Waals surface area contributed by atoms with E-state index in [4.69, 9.17) is 9.47 Å². The molecule has 12 heteroatoms. The molecule has 0 saturated carbocycles. The van der Waals surface area contributed by atoms with Gasteiger partial charge in [-0.05, 0) is 29.7 Å². The molecule has 188 valence electrons. The molecule has 1 atom stereocenters. The standard InChI is InChI=1S/C25H28B3N3O6/c26-18-10-14(4-5-17(18)25(27,28)31-8-9-36-13-22(31)33)12-37-20-3-1-2-15-16(20)11-30(24(15)35)19-6-7-21(32)29-23(19)34/h1-5,10,19H,6-9,11-13,26-28H2,(H,29,32,34). The van der Waals surface area contributed by atoms with Crippen LogP contribution in [0.2, 0.25) is 0 Å². The highest BCUT2D eigenvalue weighted by Crippen LogP contribution is 2.34. The van der Waals surface area contributed by atoms with Crippen molar-refractivity contribution >= 4 is 52.6 Å². The van der Waals surface area contributed by atoms with Gasteiger partial charge in [-0.15, -0.1) is 0 Å². The van der Waals surface area contributed by atoms with Gasteiger partial charge in [0.05, 0.1) is 13.2 Å². The first-order valence-corrected chi connectivity index (χ1v) is 12.5. The lowest BCUT2D eigenvalue weighted by Crippen LogP contribution is -2.56.